The fourth-order valence-electron chi connectivity index (χ4n) is 2.57. The molecule has 25 heavy (non-hydrogen) atoms. The van der Waals surface area contributed by atoms with E-state index in [2.05, 4.69) is 4.98 Å². The van der Waals surface area contributed by atoms with Gasteiger partial charge in [0.05, 0.1) is 26.3 Å². The number of carbonyl (C=O) groups is 1. The van der Waals surface area contributed by atoms with E-state index in [-0.39, 0.29) is 24.7 Å². The standard InChI is InChI=1S/C17H17F2N3O3/c1-21(9-15-20-5-6-22(15)17(18)19)16(23)7-11-10-25-14-8-12(24-2)3-4-13(11)14/h3-6,8,10,17H,7,9H2,1-2H3. The summed E-state index contributed by atoms with van der Waals surface area (Å²) >= 11 is 0. The maximum Gasteiger partial charge on any atom is 0.319 e. The lowest BCUT2D eigenvalue weighted by Gasteiger charge is -2.17. The molecule has 0 bridgehead atoms. The predicted octanol–water partition coefficient (Wildman–Crippen LogP) is 3.23. The number of rotatable bonds is 6. The number of hydrogen-bond donors (Lipinski definition) is 0. The minimum absolute atomic E-state index is 0.000218. The van der Waals surface area contributed by atoms with Crippen LogP contribution < -0.4 is 4.74 Å². The molecule has 3 aromatic rings. The molecule has 8 heteroatoms. The Morgan fingerprint density at radius 1 is 1.44 bits per heavy atom. The van der Waals surface area contributed by atoms with E-state index in [1.165, 1.54) is 23.6 Å². The second-order valence-electron chi connectivity index (χ2n) is 5.58. The molecule has 0 aliphatic rings. The van der Waals surface area contributed by atoms with Crippen molar-refractivity contribution in [3.8, 4) is 5.75 Å². The van der Waals surface area contributed by atoms with Crippen molar-refractivity contribution in [3.05, 3.63) is 48.2 Å². The highest BCUT2D eigenvalue weighted by atomic mass is 19.3. The van der Waals surface area contributed by atoms with Crippen molar-refractivity contribution in [2.75, 3.05) is 14.2 Å². The molecular weight excluding hydrogens is 332 g/mol. The molecule has 6 nitrogen and oxygen atoms in total. The van der Waals surface area contributed by atoms with Crippen molar-refractivity contribution >= 4 is 16.9 Å². The molecule has 0 saturated heterocycles. The number of furan rings is 1. The lowest BCUT2D eigenvalue weighted by molar-refractivity contribution is -0.129. The van der Waals surface area contributed by atoms with E-state index in [0.717, 1.165) is 15.5 Å². The summed E-state index contributed by atoms with van der Waals surface area (Å²) in [5, 5.41) is 0.816. The summed E-state index contributed by atoms with van der Waals surface area (Å²) in [5.74, 6) is 0.575. The van der Waals surface area contributed by atoms with Crippen LogP contribution in [0.3, 0.4) is 0 Å². The lowest BCUT2D eigenvalue weighted by atomic mass is 10.1. The van der Waals surface area contributed by atoms with Gasteiger partial charge in [0.25, 0.3) is 0 Å². The van der Waals surface area contributed by atoms with Gasteiger partial charge in [-0.25, -0.2) is 4.98 Å². The maximum atomic E-state index is 12.9. The summed E-state index contributed by atoms with van der Waals surface area (Å²) in [6.07, 6.45) is 4.10. The summed E-state index contributed by atoms with van der Waals surface area (Å²) in [5.41, 5.74) is 1.35. The van der Waals surface area contributed by atoms with Crippen LogP contribution >= 0.6 is 0 Å². The molecule has 0 fully saturated rings. The normalized spacial score (nSPS) is 11.2. The van der Waals surface area contributed by atoms with E-state index in [9.17, 15) is 13.6 Å². The molecular formula is C17H17F2N3O3. The molecule has 1 amide bonds. The molecule has 2 heterocycles. The van der Waals surface area contributed by atoms with Crippen molar-refractivity contribution in [2.24, 2.45) is 0 Å². The molecule has 0 aliphatic carbocycles. The van der Waals surface area contributed by atoms with Crippen LogP contribution in [0.25, 0.3) is 11.0 Å². The third-order valence-corrected chi connectivity index (χ3v) is 3.97. The van der Waals surface area contributed by atoms with E-state index in [1.54, 1.807) is 26.3 Å². The first-order valence-electron chi connectivity index (χ1n) is 7.57. The molecule has 3 rings (SSSR count). The van der Waals surface area contributed by atoms with Gasteiger partial charge < -0.3 is 14.1 Å². The van der Waals surface area contributed by atoms with Gasteiger partial charge in [0.2, 0.25) is 5.91 Å². The number of imidazole rings is 1. The fourth-order valence-corrected chi connectivity index (χ4v) is 2.57. The van der Waals surface area contributed by atoms with Crippen molar-refractivity contribution in [2.45, 2.75) is 19.5 Å². The summed E-state index contributed by atoms with van der Waals surface area (Å²) in [6, 6.07) is 5.35. The molecule has 0 atom stereocenters. The summed E-state index contributed by atoms with van der Waals surface area (Å²) in [6.45, 7) is -2.69. The summed E-state index contributed by atoms with van der Waals surface area (Å²) in [4.78, 5) is 17.7. The Labute approximate surface area is 142 Å². The van der Waals surface area contributed by atoms with Crippen molar-refractivity contribution < 1.29 is 22.7 Å². The Balaban J connectivity index is 1.72. The average molecular weight is 349 g/mol. The highest BCUT2D eigenvalue weighted by Gasteiger charge is 2.18. The molecule has 0 spiro atoms. The van der Waals surface area contributed by atoms with E-state index < -0.39 is 6.55 Å². The van der Waals surface area contributed by atoms with Gasteiger partial charge in [-0.05, 0) is 12.1 Å². The third kappa shape index (κ3) is 3.47. The number of ether oxygens (including phenoxy) is 1. The van der Waals surface area contributed by atoms with Crippen molar-refractivity contribution in [3.63, 3.8) is 0 Å². The summed E-state index contributed by atoms with van der Waals surface area (Å²) < 4.78 is 37.0. The van der Waals surface area contributed by atoms with Crippen molar-refractivity contribution in [1.82, 2.24) is 14.5 Å². The van der Waals surface area contributed by atoms with Crippen LogP contribution in [0.1, 0.15) is 17.9 Å². The highest BCUT2D eigenvalue weighted by molar-refractivity contribution is 5.88. The van der Waals surface area contributed by atoms with Crippen LogP contribution in [0, 0.1) is 0 Å². The first-order chi connectivity index (χ1) is 12.0. The first-order valence-corrected chi connectivity index (χ1v) is 7.57. The van der Waals surface area contributed by atoms with Crippen molar-refractivity contribution in [1.29, 1.82) is 0 Å². The van der Waals surface area contributed by atoms with Gasteiger partial charge in [0.1, 0.15) is 17.2 Å². The number of halogens is 2. The summed E-state index contributed by atoms with van der Waals surface area (Å²) in [7, 11) is 3.12. The molecule has 0 radical (unpaired) electrons. The minimum atomic E-state index is -2.69. The van der Waals surface area contributed by atoms with Gasteiger partial charge in [-0.2, -0.15) is 8.78 Å². The number of alkyl halides is 2. The Morgan fingerprint density at radius 3 is 2.96 bits per heavy atom. The number of fused-ring (bicyclic) bond motifs is 1. The van der Waals surface area contributed by atoms with Crippen LogP contribution in [-0.2, 0) is 17.8 Å². The highest BCUT2D eigenvalue weighted by Crippen LogP contribution is 2.26. The average Bonchev–Trinajstić information content (AvgIpc) is 3.21. The second-order valence-corrected chi connectivity index (χ2v) is 5.58. The van der Waals surface area contributed by atoms with Crippen LogP contribution in [0.4, 0.5) is 8.78 Å². The Morgan fingerprint density at radius 2 is 2.24 bits per heavy atom. The zero-order valence-corrected chi connectivity index (χ0v) is 13.8. The van der Waals surface area contributed by atoms with Crippen LogP contribution in [0.5, 0.6) is 5.75 Å². The zero-order valence-electron chi connectivity index (χ0n) is 13.8. The Hall–Kier alpha value is -2.90. The van der Waals surface area contributed by atoms with E-state index in [1.807, 2.05) is 6.07 Å². The number of benzene rings is 1. The van der Waals surface area contributed by atoms with E-state index in [0.29, 0.717) is 11.3 Å². The number of nitrogens with zero attached hydrogens (tertiary/aromatic N) is 3. The first kappa shape index (κ1) is 16.9. The van der Waals surface area contributed by atoms with Gasteiger partial charge in [-0.1, -0.05) is 0 Å². The molecule has 132 valence electrons. The van der Waals surface area contributed by atoms with Crippen LogP contribution in [-0.4, -0.2) is 34.5 Å². The van der Waals surface area contributed by atoms with Gasteiger partial charge in [-0.15, -0.1) is 0 Å². The topological polar surface area (TPSA) is 60.5 Å². The van der Waals surface area contributed by atoms with Gasteiger partial charge in [0.15, 0.2) is 0 Å². The van der Waals surface area contributed by atoms with Crippen LogP contribution in [0.15, 0.2) is 41.3 Å². The largest absolute Gasteiger partial charge is 0.497 e. The van der Waals surface area contributed by atoms with Gasteiger partial charge >= 0.3 is 6.55 Å². The van der Waals surface area contributed by atoms with Gasteiger partial charge in [0, 0.05) is 36.5 Å². The predicted molar refractivity (Wildman–Crippen MR) is 86.4 cm³/mol. The monoisotopic (exact) mass is 349 g/mol. The van der Waals surface area contributed by atoms with E-state index >= 15 is 0 Å². The lowest BCUT2D eigenvalue weighted by Crippen LogP contribution is -2.29. The van der Waals surface area contributed by atoms with E-state index in [4.69, 9.17) is 9.15 Å². The SMILES string of the molecule is COc1ccc2c(CC(=O)N(C)Cc3nccn3C(F)F)coc2c1. The molecule has 2 aromatic heterocycles. The molecule has 0 unspecified atom stereocenters. The number of carbonyl (C=O) groups excluding carboxylic acids is 1. The number of amides is 1. The maximum absolute atomic E-state index is 12.9. The zero-order chi connectivity index (χ0) is 18.0. The Kier molecular flexibility index (Phi) is 4.69. The minimum Gasteiger partial charge on any atom is -0.497 e. The van der Waals surface area contributed by atoms with Crippen LogP contribution in [0.2, 0.25) is 0 Å². The number of methoxy groups -OCH3 is 1. The molecule has 1 aromatic carbocycles. The third-order valence-electron chi connectivity index (χ3n) is 3.97. The quantitative estimate of drug-likeness (QED) is 0.685. The number of hydrogen-bond acceptors (Lipinski definition) is 4. The number of aromatic nitrogens is 2. The van der Waals surface area contributed by atoms with Gasteiger partial charge in [-0.3, -0.25) is 9.36 Å². The molecule has 0 aliphatic heterocycles. The molecule has 0 saturated carbocycles. The second kappa shape index (κ2) is 6.92. The fraction of sp³-hybridized carbons (Fsp3) is 0.294. The number of likely N-dealkylation sites (N-methyl/N-ethyl adjacent to an activating group) is 1. The Bertz CT molecular complexity index is 888. The molecule has 0 N–H and O–H groups in total. The smallest absolute Gasteiger partial charge is 0.319 e.